The van der Waals surface area contributed by atoms with E-state index in [1.54, 1.807) is 12.3 Å². The van der Waals surface area contributed by atoms with E-state index < -0.39 is 0 Å². The fourth-order valence-electron chi connectivity index (χ4n) is 2.39. The van der Waals surface area contributed by atoms with Gasteiger partial charge in [-0.2, -0.15) is 0 Å². The number of carbonyl (C=O) groups is 1. The van der Waals surface area contributed by atoms with Crippen LogP contribution in [0.5, 0.6) is 0 Å². The molecule has 0 spiro atoms. The number of guanidine groups is 1. The summed E-state index contributed by atoms with van der Waals surface area (Å²) in [6.07, 6.45) is 3.70. The molecule has 1 aromatic rings. The van der Waals surface area contributed by atoms with Crippen molar-refractivity contribution < 1.29 is 13.9 Å². The van der Waals surface area contributed by atoms with Gasteiger partial charge in [0.05, 0.1) is 18.4 Å². The summed E-state index contributed by atoms with van der Waals surface area (Å²) >= 11 is 0. The number of amides is 1. The normalized spacial score (nSPS) is 21.2. The van der Waals surface area contributed by atoms with Gasteiger partial charge in [-0.25, -0.2) is 4.99 Å². The smallest absolute Gasteiger partial charge is 0.242 e. The largest absolute Gasteiger partial charge is 0.467 e. The molecule has 1 aliphatic heterocycles. The first kappa shape index (κ1) is 17.3. The molecule has 0 aliphatic carbocycles. The SMILES string of the molecule is CCNC(=NCC(=O)NCc1ccco1)NCC1(C)CCCO1. The highest BCUT2D eigenvalue weighted by Gasteiger charge is 2.29. The average Bonchev–Trinajstić information content (AvgIpc) is 3.20. The van der Waals surface area contributed by atoms with Crippen molar-refractivity contribution in [2.24, 2.45) is 4.99 Å². The summed E-state index contributed by atoms with van der Waals surface area (Å²) in [6.45, 7) is 6.73. The number of hydrogen-bond donors (Lipinski definition) is 3. The maximum atomic E-state index is 11.8. The fraction of sp³-hybridized carbons (Fsp3) is 0.625. The molecule has 1 amide bonds. The van der Waals surface area contributed by atoms with Crippen LogP contribution in [0.25, 0.3) is 0 Å². The van der Waals surface area contributed by atoms with E-state index in [9.17, 15) is 4.79 Å². The predicted octanol–water partition coefficient (Wildman–Crippen LogP) is 1.02. The Morgan fingerprint density at radius 1 is 1.39 bits per heavy atom. The summed E-state index contributed by atoms with van der Waals surface area (Å²) in [4.78, 5) is 16.1. The van der Waals surface area contributed by atoms with Crippen LogP contribution in [0.2, 0.25) is 0 Å². The third kappa shape index (κ3) is 5.94. The second-order valence-corrected chi connectivity index (χ2v) is 5.81. The Hall–Kier alpha value is -2.02. The maximum Gasteiger partial charge on any atom is 0.242 e. The summed E-state index contributed by atoms with van der Waals surface area (Å²) in [5.41, 5.74) is -0.155. The number of aliphatic imine (C=N–C) groups is 1. The molecule has 7 nitrogen and oxygen atoms in total. The highest BCUT2D eigenvalue weighted by Crippen LogP contribution is 2.23. The van der Waals surface area contributed by atoms with Crippen LogP contribution in [0.4, 0.5) is 0 Å². The van der Waals surface area contributed by atoms with Gasteiger partial charge >= 0.3 is 0 Å². The van der Waals surface area contributed by atoms with Gasteiger partial charge in [-0.05, 0) is 38.8 Å². The molecule has 0 aromatic carbocycles. The van der Waals surface area contributed by atoms with Gasteiger partial charge in [0, 0.05) is 19.7 Å². The van der Waals surface area contributed by atoms with E-state index in [1.807, 2.05) is 13.0 Å². The van der Waals surface area contributed by atoms with E-state index in [0.717, 1.165) is 31.8 Å². The van der Waals surface area contributed by atoms with Crippen molar-refractivity contribution in [1.82, 2.24) is 16.0 Å². The third-order valence-corrected chi connectivity index (χ3v) is 3.70. The highest BCUT2D eigenvalue weighted by atomic mass is 16.5. The Kier molecular flexibility index (Phi) is 6.46. The first-order chi connectivity index (χ1) is 11.1. The number of ether oxygens (including phenoxy) is 1. The first-order valence-corrected chi connectivity index (χ1v) is 8.06. The van der Waals surface area contributed by atoms with Crippen LogP contribution in [-0.2, 0) is 16.1 Å². The van der Waals surface area contributed by atoms with Crippen molar-refractivity contribution in [3.8, 4) is 0 Å². The quantitative estimate of drug-likeness (QED) is 0.515. The van der Waals surface area contributed by atoms with Crippen LogP contribution >= 0.6 is 0 Å². The summed E-state index contributed by atoms with van der Waals surface area (Å²) in [6, 6.07) is 3.61. The van der Waals surface area contributed by atoms with E-state index in [2.05, 4.69) is 27.9 Å². The Balaban J connectivity index is 1.76. The van der Waals surface area contributed by atoms with E-state index in [-0.39, 0.29) is 18.1 Å². The van der Waals surface area contributed by atoms with Gasteiger partial charge < -0.3 is 25.1 Å². The lowest BCUT2D eigenvalue weighted by atomic mass is 10.0. The lowest BCUT2D eigenvalue weighted by Gasteiger charge is -2.24. The molecule has 0 radical (unpaired) electrons. The monoisotopic (exact) mass is 322 g/mol. The summed E-state index contributed by atoms with van der Waals surface area (Å²) < 4.78 is 10.9. The van der Waals surface area contributed by atoms with Crippen molar-refractivity contribution in [3.63, 3.8) is 0 Å². The van der Waals surface area contributed by atoms with Gasteiger partial charge in [-0.1, -0.05) is 0 Å². The topological polar surface area (TPSA) is 87.9 Å². The molecule has 2 heterocycles. The minimum absolute atomic E-state index is 0.0631. The molecular formula is C16H26N4O3. The van der Waals surface area contributed by atoms with Crippen LogP contribution in [-0.4, -0.2) is 43.7 Å². The van der Waals surface area contributed by atoms with Crippen LogP contribution in [0, 0.1) is 0 Å². The van der Waals surface area contributed by atoms with Crippen LogP contribution in [0.15, 0.2) is 27.8 Å². The van der Waals surface area contributed by atoms with Crippen molar-refractivity contribution in [3.05, 3.63) is 24.2 Å². The van der Waals surface area contributed by atoms with Crippen LogP contribution in [0.3, 0.4) is 0 Å². The highest BCUT2D eigenvalue weighted by molar-refractivity contribution is 5.84. The Bertz CT molecular complexity index is 507. The Labute approximate surface area is 136 Å². The Morgan fingerprint density at radius 2 is 2.26 bits per heavy atom. The molecule has 23 heavy (non-hydrogen) atoms. The maximum absolute atomic E-state index is 11.8. The van der Waals surface area contributed by atoms with Crippen molar-refractivity contribution >= 4 is 11.9 Å². The number of nitrogens with zero attached hydrogens (tertiary/aromatic N) is 1. The number of carbonyl (C=O) groups excluding carboxylic acids is 1. The van der Waals surface area contributed by atoms with Gasteiger partial charge in [0.2, 0.25) is 5.91 Å². The first-order valence-electron chi connectivity index (χ1n) is 8.06. The second-order valence-electron chi connectivity index (χ2n) is 5.81. The number of furan rings is 1. The van der Waals surface area contributed by atoms with Gasteiger partial charge in [0.15, 0.2) is 5.96 Å². The number of rotatable bonds is 7. The summed E-state index contributed by atoms with van der Waals surface area (Å²) in [7, 11) is 0. The van der Waals surface area contributed by atoms with Gasteiger partial charge in [-0.3, -0.25) is 4.79 Å². The molecule has 1 aliphatic rings. The van der Waals surface area contributed by atoms with E-state index in [1.165, 1.54) is 0 Å². The van der Waals surface area contributed by atoms with E-state index in [4.69, 9.17) is 9.15 Å². The molecule has 0 bridgehead atoms. The molecule has 0 saturated carbocycles. The standard InChI is InChI=1S/C16H26N4O3/c1-3-17-15(20-12-16(2)7-5-9-23-16)19-11-14(21)18-10-13-6-4-8-22-13/h4,6,8H,3,5,7,9-12H2,1-2H3,(H,18,21)(H2,17,19,20). The number of nitrogens with one attached hydrogen (secondary N) is 3. The average molecular weight is 322 g/mol. The molecule has 1 saturated heterocycles. The molecule has 1 atom stereocenters. The van der Waals surface area contributed by atoms with Crippen molar-refractivity contribution in [2.45, 2.75) is 38.8 Å². The fourth-order valence-corrected chi connectivity index (χ4v) is 2.39. The third-order valence-electron chi connectivity index (χ3n) is 3.70. The van der Waals surface area contributed by atoms with Crippen molar-refractivity contribution in [1.29, 1.82) is 0 Å². The van der Waals surface area contributed by atoms with Gasteiger partial charge in [0.1, 0.15) is 12.3 Å². The van der Waals surface area contributed by atoms with Crippen LogP contribution in [0.1, 0.15) is 32.4 Å². The zero-order valence-electron chi connectivity index (χ0n) is 13.9. The molecular weight excluding hydrogens is 296 g/mol. The Morgan fingerprint density at radius 3 is 2.91 bits per heavy atom. The zero-order valence-corrected chi connectivity index (χ0v) is 13.9. The summed E-state index contributed by atoms with van der Waals surface area (Å²) in [5, 5.41) is 9.14. The number of hydrogen-bond acceptors (Lipinski definition) is 4. The van der Waals surface area contributed by atoms with Gasteiger partial charge in [0.25, 0.3) is 0 Å². The summed E-state index contributed by atoms with van der Waals surface area (Å²) in [5.74, 6) is 1.19. The second kappa shape index (κ2) is 8.57. The van der Waals surface area contributed by atoms with Gasteiger partial charge in [-0.15, -0.1) is 0 Å². The molecule has 1 aromatic heterocycles. The van der Waals surface area contributed by atoms with E-state index >= 15 is 0 Å². The minimum atomic E-state index is -0.155. The molecule has 3 N–H and O–H groups in total. The molecule has 128 valence electrons. The lowest BCUT2D eigenvalue weighted by Crippen LogP contribution is -2.46. The molecule has 7 heteroatoms. The lowest BCUT2D eigenvalue weighted by molar-refractivity contribution is -0.119. The van der Waals surface area contributed by atoms with E-state index in [0.29, 0.717) is 19.0 Å². The zero-order chi connectivity index (χ0) is 16.5. The molecule has 1 unspecified atom stereocenters. The predicted molar refractivity (Wildman–Crippen MR) is 88.1 cm³/mol. The molecule has 2 rings (SSSR count). The molecule has 1 fully saturated rings. The van der Waals surface area contributed by atoms with Crippen LogP contribution < -0.4 is 16.0 Å². The van der Waals surface area contributed by atoms with Crippen molar-refractivity contribution in [2.75, 3.05) is 26.2 Å². The minimum Gasteiger partial charge on any atom is -0.467 e.